The summed E-state index contributed by atoms with van der Waals surface area (Å²) in [6.45, 7) is 0.591. The van der Waals surface area contributed by atoms with Crippen LogP contribution < -0.4 is 9.80 Å². The molecular formula is C20H23N3O2S. The molecule has 3 rings (SSSR count). The number of rotatable bonds is 5. The van der Waals surface area contributed by atoms with E-state index in [4.69, 9.17) is 0 Å². The number of hydrogen-bond acceptors (Lipinski definition) is 4. The van der Waals surface area contributed by atoms with E-state index in [0.29, 0.717) is 12.3 Å². The zero-order chi connectivity index (χ0) is 18.7. The Morgan fingerprint density at radius 1 is 1.08 bits per heavy atom. The van der Waals surface area contributed by atoms with E-state index < -0.39 is 0 Å². The number of nitrogens with zero attached hydrogens (tertiary/aromatic N) is 3. The quantitative estimate of drug-likeness (QED) is 0.813. The Morgan fingerprint density at radius 2 is 1.77 bits per heavy atom. The van der Waals surface area contributed by atoms with Crippen molar-refractivity contribution in [2.75, 3.05) is 43.2 Å². The SMILES string of the molecule is CN(Cc1ccc(N(C)C)cc1)C(=O)CN1C(=O)CSc2ccccc21. The van der Waals surface area contributed by atoms with Gasteiger partial charge in [0.05, 0.1) is 11.4 Å². The fourth-order valence-corrected chi connectivity index (χ4v) is 3.78. The van der Waals surface area contributed by atoms with Crippen LogP contribution in [-0.4, -0.2) is 50.2 Å². The highest BCUT2D eigenvalue weighted by atomic mass is 32.2. The van der Waals surface area contributed by atoms with Crippen molar-refractivity contribution in [3.63, 3.8) is 0 Å². The second-order valence-corrected chi connectivity index (χ2v) is 7.56. The van der Waals surface area contributed by atoms with Crippen LogP contribution >= 0.6 is 11.8 Å². The van der Waals surface area contributed by atoms with Gasteiger partial charge in [0.25, 0.3) is 0 Å². The molecule has 2 amide bonds. The van der Waals surface area contributed by atoms with Crippen molar-refractivity contribution in [1.82, 2.24) is 4.90 Å². The normalized spacial score (nSPS) is 13.3. The second-order valence-electron chi connectivity index (χ2n) is 6.55. The van der Waals surface area contributed by atoms with Crippen molar-refractivity contribution in [3.05, 3.63) is 54.1 Å². The highest BCUT2D eigenvalue weighted by Gasteiger charge is 2.27. The number of benzene rings is 2. The predicted molar refractivity (Wildman–Crippen MR) is 107 cm³/mol. The Labute approximate surface area is 158 Å². The fraction of sp³-hybridized carbons (Fsp3) is 0.300. The lowest BCUT2D eigenvalue weighted by Gasteiger charge is -2.30. The maximum atomic E-state index is 12.7. The highest BCUT2D eigenvalue weighted by molar-refractivity contribution is 8.00. The molecule has 136 valence electrons. The monoisotopic (exact) mass is 369 g/mol. The van der Waals surface area contributed by atoms with Gasteiger partial charge >= 0.3 is 0 Å². The maximum absolute atomic E-state index is 12.7. The van der Waals surface area contributed by atoms with Crippen LogP contribution in [0.2, 0.25) is 0 Å². The van der Waals surface area contributed by atoms with Gasteiger partial charge in [0.15, 0.2) is 0 Å². The number of likely N-dealkylation sites (N-methyl/N-ethyl adjacent to an activating group) is 1. The number of amides is 2. The molecule has 0 spiro atoms. The second kappa shape index (κ2) is 7.83. The summed E-state index contributed by atoms with van der Waals surface area (Å²) in [5.41, 5.74) is 3.01. The lowest BCUT2D eigenvalue weighted by molar-refractivity contribution is -0.130. The van der Waals surface area contributed by atoms with Crippen molar-refractivity contribution in [2.24, 2.45) is 0 Å². The van der Waals surface area contributed by atoms with Gasteiger partial charge in [0.1, 0.15) is 6.54 Å². The molecule has 1 heterocycles. The number of carbonyl (C=O) groups is 2. The third kappa shape index (κ3) is 4.02. The Hall–Kier alpha value is -2.47. The van der Waals surface area contributed by atoms with Gasteiger partial charge in [0.2, 0.25) is 11.8 Å². The molecule has 0 atom stereocenters. The first-order valence-corrected chi connectivity index (χ1v) is 9.46. The van der Waals surface area contributed by atoms with E-state index in [2.05, 4.69) is 0 Å². The van der Waals surface area contributed by atoms with E-state index in [1.165, 1.54) is 11.8 Å². The minimum atomic E-state index is -0.0725. The van der Waals surface area contributed by atoms with E-state index in [9.17, 15) is 9.59 Å². The zero-order valence-corrected chi connectivity index (χ0v) is 16.1. The number of para-hydroxylation sites is 1. The first kappa shape index (κ1) is 18.3. The van der Waals surface area contributed by atoms with Crippen LogP contribution in [0.5, 0.6) is 0 Å². The van der Waals surface area contributed by atoms with Crippen molar-refractivity contribution in [2.45, 2.75) is 11.4 Å². The molecule has 6 heteroatoms. The summed E-state index contributed by atoms with van der Waals surface area (Å²) in [6.07, 6.45) is 0. The molecule has 26 heavy (non-hydrogen) atoms. The smallest absolute Gasteiger partial charge is 0.242 e. The molecule has 2 aromatic rings. The van der Waals surface area contributed by atoms with Gasteiger partial charge in [-0.3, -0.25) is 9.59 Å². The number of anilines is 2. The molecule has 0 saturated heterocycles. The van der Waals surface area contributed by atoms with Gasteiger partial charge < -0.3 is 14.7 Å². The number of fused-ring (bicyclic) bond motifs is 1. The summed E-state index contributed by atoms with van der Waals surface area (Å²) in [6, 6.07) is 15.8. The maximum Gasteiger partial charge on any atom is 0.242 e. The summed E-state index contributed by atoms with van der Waals surface area (Å²) in [7, 11) is 5.77. The Kier molecular flexibility index (Phi) is 5.52. The number of thioether (sulfide) groups is 1. The van der Waals surface area contributed by atoms with Gasteiger partial charge in [-0.1, -0.05) is 24.3 Å². The topological polar surface area (TPSA) is 43.9 Å². The number of carbonyl (C=O) groups excluding carboxylic acids is 2. The zero-order valence-electron chi connectivity index (χ0n) is 15.3. The van der Waals surface area contributed by atoms with Crippen LogP contribution in [0.25, 0.3) is 0 Å². The minimum Gasteiger partial charge on any atom is -0.378 e. The van der Waals surface area contributed by atoms with Crippen LogP contribution in [-0.2, 0) is 16.1 Å². The molecular weight excluding hydrogens is 346 g/mol. The molecule has 0 fully saturated rings. The van der Waals surface area contributed by atoms with Crippen LogP contribution in [0.4, 0.5) is 11.4 Å². The average Bonchev–Trinajstić information content (AvgIpc) is 2.64. The molecule has 1 aliphatic heterocycles. The standard InChI is InChI=1S/C20H23N3O2S/c1-21(2)16-10-8-15(9-11-16)12-22(3)19(24)13-23-17-6-4-5-7-18(17)26-14-20(23)25/h4-11H,12-14H2,1-3H3. The third-order valence-corrected chi connectivity index (χ3v) is 5.45. The van der Waals surface area contributed by atoms with Gasteiger partial charge in [-0.2, -0.15) is 0 Å². The van der Waals surface area contributed by atoms with Crippen LogP contribution in [0.3, 0.4) is 0 Å². The molecule has 0 aromatic heterocycles. The summed E-state index contributed by atoms with van der Waals surface area (Å²) in [4.78, 5) is 31.3. The van der Waals surface area contributed by atoms with Crippen LogP contribution in [0, 0.1) is 0 Å². The Morgan fingerprint density at radius 3 is 2.46 bits per heavy atom. The van der Waals surface area contributed by atoms with Gasteiger partial charge in [-0.05, 0) is 29.8 Å². The molecule has 1 aliphatic rings. The van der Waals surface area contributed by atoms with Crippen LogP contribution in [0.1, 0.15) is 5.56 Å². The Bertz CT molecular complexity index is 805. The lowest BCUT2D eigenvalue weighted by atomic mass is 10.2. The average molecular weight is 369 g/mol. The molecule has 0 bridgehead atoms. The van der Waals surface area contributed by atoms with Gasteiger partial charge in [-0.15, -0.1) is 11.8 Å². The molecule has 0 radical (unpaired) electrons. The van der Waals surface area contributed by atoms with Crippen molar-refractivity contribution in [1.29, 1.82) is 0 Å². The molecule has 2 aromatic carbocycles. The summed E-state index contributed by atoms with van der Waals surface area (Å²) >= 11 is 1.52. The van der Waals surface area contributed by atoms with E-state index in [-0.39, 0.29) is 18.4 Å². The molecule has 0 aliphatic carbocycles. The van der Waals surface area contributed by atoms with Crippen molar-refractivity contribution < 1.29 is 9.59 Å². The van der Waals surface area contributed by atoms with E-state index in [1.54, 1.807) is 16.8 Å². The highest BCUT2D eigenvalue weighted by Crippen LogP contribution is 2.34. The van der Waals surface area contributed by atoms with E-state index in [1.807, 2.05) is 67.5 Å². The lowest BCUT2D eigenvalue weighted by Crippen LogP contribution is -2.43. The predicted octanol–water partition coefficient (Wildman–Crippen LogP) is 2.85. The largest absolute Gasteiger partial charge is 0.378 e. The van der Waals surface area contributed by atoms with Gasteiger partial charge in [-0.25, -0.2) is 0 Å². The van der Waals surface area contributed by atoms with Crippen LogP contribution in [0.15, 0.2) is 53.4 Å². The molecule has 0 unspecified atom stereocenters. The summed E-state index contributed by atoms with van der Waals surface area (Å²) in [5, 5.41) is 0. The van der Waals surface area contributed by atoms with E-state index >= 15 is 0 Å². The fourth-order valence-electron chi connectivity index (χ4n) is 2.84. The molecule has 0 N–H and O–H groups in total. The summed E-state index contributed by atoms with van der Waals surface area (Å²) in [5.74, 6) is 0.280. The minimum absolute atomic E-state index is 0.0224. The first-order valence-electron chi connectivity index (χ1n) is 8.48. The van der Waals surface area contributed by atoms with Crippen molar-refractivity contribution in [3.8, 4) is 0 Å². The third-order valence-electron chi connectivity index (χ3n) is 4.40. The molecule has 5 nitrogen and oxygen atoms in total. The first-order chi connectivity index (χ1) is 12.5. The van der Waals surface area contributed by atoms with Crippen molar-refractivity contribution >= 4 is 35.0 Å². The van der Waals surface area contributed by atoms with Gasteiger partial charge in [0, 0.05) is 38.3 Å². The molecule has 0 saturated carbocycles. The van der Waals surface area contributed by atoms with E-state index in [0.717, 1.165) is 21.8 Å². The summed E-state index contributed by atoms with van der Waals surface area (Å²) < 4.78 is 0. The number of hydrogen-bond donors (Lipinski definition) is 0. The Balaban J connectivity index is 1.67.